The highest BCUT2D eigenvalue weighted by Gasteiger charge is 2.66. The molecule has 8 heteroatoms. The fourth-order valence-corrected chi connectivity index (χ4v) is 11.5. The van der Waals surface area contributed by atoms with Gasteiger partial charge in [-0.15, -0.1) is 0 Å². The highest BCUT2D eigenvalue weighted by molar-refractivity contribution is 14.1. The molecule has 0 bridgehead atoms. The van der Waals surface area contributed by atoms with Gasteiger partial charge in [0.1, 0.15) is 11.5 Å². The van der Waals surface area contributed by atoms with Crippen molar-refractivity contribution in [2.24, 2.45) is 5.92 Å². The van der Waals surface area contributed by atoms with Gasteiger partial charge in [0.15, 0.2) is 5.60 Å². The topological polar surface area (TPSA) is 68.2 Å². The number of methoxy groups -OCH3 is 2. The number of carbonyl (C=O) groups is 1. The lowest BCUT2D eigenvalue weighted by molar-refractivity contribution is -0.146. The van der Waals surface area contributed by atoms with Crippen molar-refractivity contribution < 1.29 is 24.1 Å². The third-order valence-electron chi connectivity index (χ3n) is 8.69. The van der Waals surface area contributed by atoms with Crippen LogP contribution in [-0.2, 0) is 21.7 Å². The second-order valence-electron chi connectivity index (χ2n) is 11.1. The van der Waals surface area contributed by atoms with E-state index in [2.05, 4.69) is 66.9 Å². The Balaban J connectivity index is 1.62. The molecule has 1 spiro atoms. The standard InChI is InChI=1S/C31H36INO5Si/c1-20-29(39(4,5)25-12-9-23(36-2)10-13-25)28(15-16-34)38-31(20)26-18-24(37-3)11-14-27(26)33(30(31)35)19-21-7-6-8-22(32)17-21/h6-14,17-18,20,28-29,34H,15-16,19H2,1-5H3/t20-,28+,29-,31+/m0/s1. The lowest BCUT2D eigenvalue weighted by atomic mass is 9.82. The van der Waals surface area contributed by atoms with Crippen LogP contribution in [0.3, 0.4) is 0 Å². The molecule has 1 saturated heterocycles. The predicted octanol–water partition coefficient (Wildman–Crippen LogP) is 5.45. The van der Waals surface area contributed by atoms with Crippen molar-refractivity contribution in [2.45, 2.75) is 50.2 Å². The number of benzene rings is 3. The van der Waals surface area contributed by atoms with Crippen molar-refractivity contribution in [1.82, 2.24) is 0 Å². The van der Waals surface area contributed by atoms with E-state index >= 15 is 0 Å². The Kier molecular flexibility index (Phi) is 7.85. The maximum atomic E-state index is 14.6. The molecule has 0 saturated carbocycles. The molecule has 0 aromatic heterocycles. The van der Waals surface area contributed by atoms with Gasteiger partial charge in [-0.2, -0.15) is 0 Å². The minimum Gasteiger partial charge on any atom is -0.497 e. The molecule has 1 amide bonds. The van der Waals surface area contributed by atoms with Crippen molar-refractivity contribution in [1.29, 1.82) is 0 Å². The number of hydrogen-bond donors (Lipinski definition) is 1. The van der Waals surface area contributed by atoms with E-state index in [1.807, 2.05) is 47.4 Å². The number of aliphatic hydroxyl groups is 1. The Bertz CT molecular complexity index is 1360. The van der Waals surface area contributed by atoms with Crippen LogP contribution < -0.4 is 19.6 Å². The van der Waals surface area contributed by atoms with E-state index in [0.29, 0.717) is 18.7 Å². The smallest absolute Gasteiger partial charge is 0.264 e. The largest absolute Gasteiger partial charge is 0.497 e. The Hall–Kier alpha value is -2.40. The van der Waals surface area contributed by atoms with E-state index in [1.54, 1.807) is 14.2 Å². The van der Waals surface area contributed by atoms with Gasteiger partial charge in [0.05, 0.1) is 40.6 Å². The Morgan fingerprint density at radius 3 is 2.36 bits per heavy atom. The molecule has 2 heterocycles. The van der Waals surface area contributed by atoms with Gasteiger partial charge in [-0.05, 0) is 82.6 Å². The van der Waals surface area contributed by atoms with Crippen molar-refractivity contribution in [3.8, 4) is 11.5 Å². The molecule has 39 heavy (non-hydrogen) atoms. The van der Waals surface area contributed by atoms with Crippen molar-refractivity contribution in [2.75, 3.05) is 25.7 Å². The van der Waals surface area contributed by atoms with Crippen LogP contribution in [0.1, 0.15) is 24.5 Å². The number of fused-ring (bicyclic) bond motifs is 2. The SMILES string of the molecule is COc1ccc([Si](C)(C)[C@@H]2[C@@H](CCO)O[C@]3(C(=O)N(Cc4cccc(I)c4)c4ccc(OC)cc43)[C@H]2C)cc1. The molecule has 206 valence electrons. The summed E-state index contributed by atoms with van der Waals surface area (Å²) in [6.07, 6.45) is 0.224. The monoisotopic (exact) mass is 657 g/mol. The van der Waals surface area contributed by atoms with Gasteiger partial charge in [-0.25, -0.2) is 0 Å². The molecule has 3 aromatic rings. The summed E-state index contributed by atoms with van der Waals surface area (Å²) in [6, 6.07) is 22.4. The summed E-state index contributed by atoms with van der Waals surface area (Å²) in [5, 5.41) is 11.4. The first-order valence-electron chi connectivity index (χ1n) is 13.4. The second kappa shape index (κ2) is 10.9. The van der Waals surface area contributed by atoms with E-state index in [-0.39, 0.29) is 30.1 Å². The first-order chi connectivity index (χ1) is 18.7. The van der Waals surface area contributed by atoms with Crippen LogP contribution in [0.15, 0.2) is 66.7 Å². The van der Waals surface area contributed by atoms with E-state index in [9.17, 15) is 9.90 Å². The molecule has 0 unspecified atom stereocenters. The number of ether oxygens (including phenoxy) is 3. The minimum atomic E-state index is -2.21. The summed E-state index contributed by atoms with van der Waals surface area (Å²) in [5.74, 6) is 1.36. The Morgan fingerprint density at radius 1 is 1.03 bits per heavy atom. The van der Waals surface area contributed by atoms with Gasteiger partial charge in [0.25, 0.3) is 5.91 Å². The van der Waals surface area contributed by atoms with Gasteiger partial charge in [0.2, 0.25) is 0 Å². The van der Waals surface area contributed by atoms with Gasteiger partial charge >= 0.3 is 0 Å². The summed E-state index contributed by atoms with van der Waals surface area (Å²) in [5.41, 5.74) is 1.73. The zero-order valence-corrected chi connectivity index (χ0v) is 26.3. The number of nitrogens with zero attached hydrogens (tertiary/aromatic N) is 1. The summed E-state index contributed by atoms with van der Waals surface area (Å²) in [6.45, 7) is 7.32. The number of halogens is 1. The number of carbonyl (C=O) groups excluding carboxylic acids is 1. The molecule has 0 aliphatic carbocycles. The summed E-state index contributed by atoms with van der Waals surface area (Å²) in [4.78, 5) is 16.5. The number of rotatable bonds is 8. The van der Waals surface area contributed by atoms with Crippen LogP contribution in [0, 0.1) is 9.49 Å². The van der Waals surface area contributed by atoms with Gasteiger partial charge < -0.3 is 24.2 Å². The molecule has 2 aliphatic heterocycles. The van der Waals surface area contributed by atoms with E-state index in [4.69, 9.17) is 14.2 Å². The molecule has 4 atom stereocenters. The van der Waals surface area contributed by atoms with Crippen LogP contribution in [-0.4, -0.2) is 46.0 Å². The van der Waals surface area contributed by atoms with Crippen molar-refractivity contribution in [3.63, 3.8) is 0 Å². The normalized spacial score (nSPS) is 24.3. The lowest BCUT2D eigenvalue weighted by Gasteiger charge is -2.37. The quantitative estimate of drug-likeness (QED) is 0.258. The third kappa shape index (κ3) is 4.69. The molecular weight excluding hydrogens is 621 g/mol. The van der Waals surface area contributed by atoms with E-state index in [1.165, 1.54) is 5.19 Å². The van der Waals surface area contributed by atoms with Crippen LogP contribution >= 0.6 is 22.6 Å². The number of anilines is 1. The zero-order chi connectivity index (χ0) is 27.9. The first kappa shape index (κ1) is 28.1. The maximum Gasteiger partial charge on any atom is 0.264 e. The van der Waals surface area contributed by atoms with Gasteiger partial charge in [-0.1, -0.05) is 49.5 Å². The Morgan fingerprint density at radius 2 is 1.72 bits per heavy atom. The average molecular weight is 658 g/mol. The lowest BCUT2D eigenvalue weighted by Crippen LogP contribution is -2.51. The number of hydrogen-bond acceptors (Lipinski definition) is 5. The highest BCUT2D eigenvalue weighted by Crippen LogP contribution is 2.60. The second-order valence-corrected chi connectivity index (χ2v) is 17.0. The average Bonchev–Trinajstić information content (AvgIpc) is 3.35. The van der Waals surface area contributed by atoms with Gasteiger partial charge in [0, 0.05) is 21.7 Å². The van der Waals surface area contributed by atoms with Crippen LogP contribution in [0.2, 0.25) is 18.6 Å². The summed E-state index contributed by atoms with van der Waals surface area (Å²) < 4.78 is 19.1. The molecular formula is C31H36INO5Si. The third-order valence-corrected chi connectivity index (χ3v) is 13.7. The van der Waals surface area contributed by atoms with Crippen molar-refractivity contribution in [3.05, 3.63) is 81.4 Å². The van der Waals surface area contributed by atoms with Crippen LogP contribution in [0.25, 0.3) is 0 Å². The summed E-state index contributed by atoms with van der Waals surface area (Å²) >= 11 is 2.30. The minimum absolute atomic E-state index is 0.00237. The number of amides is 1. The summed E-state index contributed by atoms with van der Waals surface area (Å²) in [7, 11) is 1.11. The molecule has 1 fully saturated rings. The molecule has 0 radical (unpaired) electrons. The molecule has 2 aliphatic rings. The Labute approximate surface area is 245 Å². The maximum absolute atomic E-state index is 14.6. The zero-order valence-electron chi connectivity index (χ0n) is 23.1. The molecule has 5 rings (SSSR count). The van der Waals surface area contributed by atoms with E-state index in [0.717, 1.165) is 26.1 Å². The molecule has 1 N–H and O–H groups in total. The van der Waals surface area contributed by atoms with Gasteiger partial charge in [-0.3, -0.25) is 4.79 Å². The first-order valence-corrected chi connectivity index (χ1v) is 17.5. The molecule has 6 nitrogen and oxygen atoms in total. The van der Waals surface area contributed by atoms with Crippen molar-refractivity contribution >= 4 is 47.4 Å². The predicted molar refractivity (Wildman–Crippen MR) is 165 cm³/mol. The fraction of sp³-hybridized carbons (Fsp3) is 0.387. The number of aliphatic hydroxyl groups excluding tert-OH is 1. The van der Waals surface area contributed by atoms with Crippen LogP contribution in [0.4, 0.5) is 5.69 Å². The highest BCUT2D eigenvalue weighted by atomic mass is 127. The van der Waals surface area contributed by atoms with E-state index < -0.39 is 13.7 Å². The fourth-order valence-electron chi connectivity index (χ4n) is 6.79. The van der Waals surface area contributed by atoms with Crippen LogP contribution in [0.5, 0.6) is 11.5 Å². The molecule has 3 aromatic carbocycles.